The molecule has 4 nitrogen and oxygen atoms in total. The van der Waals surface area contributed by atoms with E-state index in [9.17, 15) is 4.79 Å². The molecule has 106 valence electrons. The molecule has 0 aliphatic carbocycles. The average molecular weight is 310 g/mol. The summed E-state index contributed by atoms with van der Waals surface area (Å²) in [5, 5.41) is 3.87. The topological polar surface area (TPSA) is 45.2 Å². The number of carbonyl (C=O) groups excluding carboxylic acids is 1. The number of amides is 1. The van der Waals surface area contributed by atoms with Crippen LogP contribution in [0.25, 0.3) is 0 Å². The lowest BCUT2D eigenvalue weighted by Crippen LogP contribution is -2.23. The first kappa shape index (κ1) is 14.8. The van der Waals surface area contributed by atoms with Crippen molar-refractivity contribution in [2.75, 3.05) is 19.4 Å². The fourth-order valence-electron chi connectivity index (χ4n) is 1.76. The second-order valence-corrected chi connectivity index (χ2v) is 5.98. The first-order chi connectivity index (χ1) is 9.49. The van der Waals surface area contributed by atoms with Crippen LogP contribution in [0.5, 0.6) is 0 Å². The smallest absolute Gasteiger partial charge is 0.255 e. The quantitative estimate of drug-likeness (QED) is 0.941. The van der Waals surface area contributed by atoms with Crippen LogP contribution in [0.1, 0.15) is 20.9 Å². The lowest BCUT2D eigenvalue weighted by molar-refractivity contribution is 0.0828. The van der Waals surface area contributed by atoms with E-state index in [1.807, 2.05) is 12.4 Å². The van der Waals surface area contributed by atoms with E-state index in [1.54, 1.807) is 48.5 Å². The van der Waals surface area contributed by atoms with Crippen molar-refractivity contribution < 1.29 is 4.79 Å². The normalized spacial score (nSPS) is 10.4. The molecule has 0 unspecified atom stereocenters. The Hall–Kier alpha value is -1.59. The van der Waals surface area contributed by atoms with Crippen LogP contribution in [0.15, 0.2) is 23.7 Å². The van der Waals surface area contributed by atoms with Gasteiger partial charge in [-0.1, -0.05) is 11.6 Å². The standard InChI is InChI=1S/C14H16ClN3OS/c1-9-13(20-8-17-9)7-16-12-6-10(15)4-5-11(12)14(19)18(2)3/h4-6,8,16H,7H2,1-3H3. The molecule has 1 aromatic heterocycles. The van der Waals surface area contributed by atoms with E-state index >= 15 is 0 Å². The highest BCUT2D eigenvalue weighted by Crippen LogP contribution is 2.24. The Bertz CT molecular complexity index is 625. The predicted octanol–water partition coefficient (Wildman–Crippen LogP) is 3.42. The Labute approximate surface area is 127 Å². The highest BCUT2D eigenvalue weighted by atomic mass is 35.5. The van der Waals surface area contributed by atoms with Gasteiger partial charge in [0.25, 0.3) is 5.91 Å². The maximum absolute atomic E-state index is 12.1. The largest absolute Gasteiger partial charge is 0.379 e. The van der Waals surface area contributed by atoms with E-state index in [1.165, 1.54) is 0 Å². The Kier molecular flexibility index (Phi) is 4.62. The number of thiazole rings is 1. The molecule has 0 aliphatic heterocycles. The van der Waals surface area contributed by atoms with Gasteiger partial charge in [-0.3, -0.25) is 4.79 Å². The number of anilines is 1. The summed E-state index contributed by atoms with van der Waals surface area (Å²) in [6.45, 7) is 2.60. The van der Waals surface area contributed by atoms with Crippen LogP contribution in [0.2, 0.25) is 5.02 Å². The second-order valence-electron chi connectivity index (χ2n) is 4.60. The van der Waals surface area contributed by atoms with Gasteiger partial charge in [0.05, 0.1) is 23.3 Å². The van der Waals surface area contributed by atoms with E-state index in [2.05, 4.69) is 10.3 Å². The van der Waals surface area contributed by atoms with Gasteiger partial charge >= 0.3 is 0 Å². The summed E-state index contributed by atoms with van der Waals surface area (Å²) >= 11 is 7.61. The third-order valence-electron chi connectivity index (χ3n) is 2.90. The second kappa shape index (κ2) is 6.24. The summed E-state index contributed by atoms with van der Waals surface area (Å²) in [5.41, 5.74) is 4.17. The molecule has 0 atom stereocenters. The molecule has 1 N–H and O–H groups in total. The number of benzene rings is 1. The van der Waals surface area contributed by atoms with Crippen molar-refractivity contribution in [1.82, 2.24) is 9.88 Å². The number of rotatable bonds is 4. The third-order valence-corrected chi connectivity index (χ3v) is 4.07. The van der Waals surface area contributed by atoms with Crippen molar-refractivity contribution in [3.05, 3.63) is 44.9 Å². The Balaban J connectivity index is 2.24. The van der Waals surface area contributed by atoms with Crippen LogP contribution >= 0.6 is 22.9 Å². The fourth-order valence-corrected chi connectivity index (χ4v) is 2.65. The molecule has 20 heavy (non-hydrogen) atoms. The summed E-state index contributed by atoms with van der Waals surface area (Å²) in [6, 6.07) is 5.24. The van der Waals surface area contributed by atoms with Gasteiger partial charge < -0.3 is 10.2 Å². The van der Waals surface area contributed by atoms with Gasteiger partial charge in [-0.25, -0.2) is 4.98 Å². The first-order valence-corrected chi connectivity index (χ1v) is 7.39. The molecule has 0 radical (unpaired) electrons. The van der Waals surface area contributed by atoms with Gasteiger partial charge in [0, 0.05) is 29.7 Å². The summed E-state index contributed by atoms with van der Waals surface area (Å²) in [4.78, 5) is 19.0. The molecule has 0 saturated heterocycles. The number of halogens is 1. The monoisotopic (exact) mass is 309 g/mol. The fraction of sp³-hybridized carbons (Fsp3) is 0.286. The van der Waals surface area contributed by atoms with E-state index in [4.69, 9.17) is 11.6 Å². The summed E-state index contributed by atoms with van der Waals surface area (Å²) in [7, 11) is 3.46. The predicted molar refractivity (Wildman–Crippen MR) is 83.6 cm³/mol. The minimum Gasteiger partial charge on any atom is -0.379 e. The number of aryl methyl sites for hydroxylation is 1. The van der Waals surface area contributed by atoms with Crippen molar-refractivity contribution in [2.45, 2.75) is 13.5 Å². The van der Waals surface area contributed by atoms with Crippen molar-refractivity contribution in [3.8, 4) is 0 Å². The maximum atomic E-state index is 12.1. The zero-order valence-electron chi connectivity index (χ0n) is 11.6. The summed E-state index contributed by atoms with van der Waals surface area (Å²) in [6.07, 6.45) is 0. The number of aromatic nitrogens is 1. The first-order valence-electron chi connectivity index (χ1n) is 6.13. The highest BCUT2D eigenvalue weighted by Gasteiger charge is 2.14. The maximum Gasteiger partial charge on any atom is 0.255 e. The molecule has 0 aliphatic rings. The molecule has 0 spiro atoms. The van der Waals surface area contributed by atoms with Crippen molar-refractivity contribution >= 4 is 34.5 Å². The van der Waals surface area contributed by atoms with Gasteiger partial charge in [0.2, 0.25) is 0 Å². The van der Waals surface area contributed by atoms with Crippen LogP contribution in [0, 0.1) is 6.92 Å². The number of hydrogen-bond donors (Lipinski definition) is 1. The van der Waals surface area contributed by atoms with Crippen LogP contribution in [0.4, 0.5) is 5.69 Å². The number of hydrogen-bond acceptors (Lipinski definition) is 4. The van der Waals surface area contributed by atoms with Crippen molar-refractivity contribution in [3.63, 3.8) is 0 Å². The summed E-state index contributed by atoms with van der Waals surface area (Å²) < 4.78 is 0. The third kappa shape index (κ3) is 3.29. The zero-order chi connectivity index (χ0) is 14.7. The molecule has 6 heteroatoms. The lowest BCUT2D eigenvalue weighted by atomic mass is 10.1. The van der Waals surface area contributed by atoms with Crippen LogP contribution in [-0.4, -0.2) is 29.9 Å². The molecule has 2 rings (SSSR count). The zero-order valence-corrected chi connectivity index (χ0v) is 13.2. The van der Waals surface area contributed by atoms with Gasteiger partial charge in [-0.05, 0) is 25.1 Å². The van der Waals surface area contributed by atoms with Crippen LogP contribution in [0.3, 0.4) is 0 Å². The van der Waals surface area contributed by atoms with Gasteiger partial charge in [-0.2, -0.15) is 0 Å². The minimum absolute atomic E-state index is 0.0507. The average Bonchev–Trinajstić information content (AvgIpc) is 2.81. The van der Waals surface area contributed by atoms with Gasteiger partial charge in [-0.15, -0.1) is 11.3 Å². The lowest BCUT2D eigenvalue weighted by Gasteiger charge is -2.15. The number of carbonyl (C=O) groups is 1. The molecule has 0 bridgehead atoms. The summed E-state index contributed by atoms with van der Waals surface area (Å²) in [5.74, 6) is -0.0507. The Morgan fingerprint density at radius 2 is 2.20 bits per heavy atom. The van der Waals surface area contributed by atoms with Crippen LogP contribution < -0.4 is 5.32 Å². The SMILES string of the molecule is Cc1ncsc1CNc1cc(Cl)ccc1C(=O)N(C)C. The van der Waals surface area contributed by atoms with Gasteiger partial charge in [0.1, 0.15) is 0 Å². The number of nitrogens with zero attached hydrogens (tertiary/aromatic N) is 2. The molecule has 0 fully saturated rings. The Morgan fingerprint density at radius 1 is 1.45 bits per heavy atom. The van der Waals surface area contributed by atoms with Crippen molar-refractivity contribution in [1.29, 1.82) is 0 Å². The number of nitrogens with one attached hydrogen (secondary N) is 1. The van der Waals surface area contributed by atoms with E-state index in [0.717, 1.165) is 16.3 Å². The van der Waals surface area contributed by atoms with E-state index in [0.29, 0.717) is 17.1 Å². The van der Waals surface area contributed by atoms with E-state index in [-0.39, 0.29) is 5.91 Å². The molecule has 1 amide bonds. The minimum atomic E-state index is -0.0507. The molecular weight excluding hydrogens is 294 g/mol. The van der Waals surface area contributed by atoms with E-state index < -0.39 is 0 Å². The molecule has 1 heterocycles. The van der Waals surface area contributed by atoms with Crippen LogP contribution in [-0.2, 0) is 6.54 Å². The van der Waals surface area contributed by atoms with Crippen molar-refractivity contribution in [2.24, 2.45) is 0 Å². The van der Waals surface area contributed by atoms with Gasteiger partial charge in [0.15, 0.2) is 0 Å². The molecule has 1 aromatic carbocycles. The molecule has 2 aromatic rings. The highest BCUT2D eigenvalue weighted by molar-refractivity contribution is 7.09. The molecule has 0 saturated carbocycles. The molecular formula is C14H16ClN3OS. The Morgan fingerprint density at radius 3 is 2.80 bits per heavy atom.